The van der Waals surface area contributed by atoms with E-state index in [1.165, 1.54) is 31.2 Å². The van der Waals surface area contributed by atoms with Crippen LogP contribution >= 0.6 is 0 Å². The predicted octanol–water partition coefficient (Wildman–Crippen LogP) is 7.43. The summed E-state index contributed by atoms with van der Waals surface area (Å²) in [6, 6.07) is 16.6. The Morgan fingerprint density at radius 3 is 2.48 bits per heavy atom. The Bertz CT molecular complexity index is 701. The van der Waals surface area contributed by atoms with Crippen LogP contribution in [-0.4, -0.2) is 19.3 Å². The van der Waals surface area contributed by atoms with E-state index in [9.17, 15) is 0 Å². The highest BCUT2D eigenvalue weighted by Crippen LogP contribution is 2.29. The number of rotatable bonds is 14. The summed E-state index contributed by atoms with van der Waals surface area (Å²) in [7, 11) is 0. The van der Waals surface area contributed by atoms with Crippen LogP contribution < -0.4 is 14.8 Å². The molecule has 2 aromatic carbocycles. The van der Waals surface area contributed by atoms with Gasteiger partial charge in [-0.1, -0.05) is 70.7 Å². The van der Waals surface area contributed by atoms with Crippen LogP contribution in [0.1, 0.15) is 77.7 Å². The number of para-hydroxylation sites is 1. The maximum Gasteiger partial charge on any atom is 0.123 e. The summed E-state index contributed by atoms with van der Waals surface area (Å²) >= 11 is 0. The molecule has 2 rings (SSSR count). The van der Waals surface area contributed by atoms with Crippen LogP contribution in [0.3, 0.4) is 0 Å². The summed E-state index contributed by atoms with van der Waals surface area (Å²) in [5.74, 6) is 2.43. The maximum atomic E-state index is 6.24. The lowest BCUT2D eigenvalue weighted by Crippen LogP contribution is -2.23. The van der Waals surface area contributed by atoms with Crippen molar-refractivity contribution >= 4 is 5.69 Å². The fourth-order valence-electron chi connectivity index (χ4n) is 3.33. The molecule has 0 heterocycles. The average molecular weight is 398 g/mol. The number of hydrogen-bond acceptors (Lipinski definition) is 3. The van der Waals surface area contributed by atoms with Crippen molar-refractivity contribution in [1.29, 1.82) is 0 Å². The van der Waals surface area contributed by atoms with Crippen LogP contribution in [-0.2, 0) is 0 Å². The van der Waals surface area contributed by atoms with Crippen molar-refractivity contribution < 1.29 is 9.47 Å². The summed E-state index contributed by atoms with van der Waals surface area (Å²) in [5, 5.41) is 3.48. The minimum Gasteiger partial charge on any atom is -0.494 e. The molecule has 0 aliphatic heterocycles. The lowest BCUT2D eigenvalue weighted by atomic mass is 9.98. The summed E-state index contributed by atoms with van der Waals surface area (Å²) in [4.78, 5) is 0. The quantitative estimate of drug-likeness (QED) is 0.336. The molecule has 0 aliphatic rings. The Balaban J connectivity index is 1.79. The van der Waals surface area contributed by atoms with Crippen molar-refractivity contribution in [3.8, 4) is 11.5 Å². The third kappa shape index (κ3) is 8.39. The molecule has 29 heavy (non-hydrogen) atoms. The van der Waals surface area contributed by atoms with Gasteiger partial charge in [-0.3, -0.25) is 0 Å². The van der Waals surface area contributed by atoms with Gasteiger partial charge in [-0.15, -0.1) is 0 Å². The van der Waals surface area contributed by atoms with Gasteiger partial charge in [-0.25, -0.2) is 0 Å². The van der Waals surface area contributed by atoms with E-state index >= 15 is 0 Å². The van der Waals surface area contributed by atoms with E-state index in [1.807, 2.05) is 18.2 Å². The Morgan fingerprint density at radius 1 is 0.897 bits per heavy atom. The third-order valence-electron chi connectivity index (χ3n) is 5.33. The van der Waals surface area contributed by atoms with E-state index in [1.54, 1.807) is 0 Å². The van der Waals surface area contributed by atoms with Crippen molar-refractivity contribution in [2.24, 2.45) is 0 Å². The number of ether oxygens (including phenoxy) is 2. The van der Waals surface area contributed by atoms with Gasteiger partial charge in [-0.2, -0.15) is 0 Å². The normalized spacial score (nSPS) is 13.0. The highest BCUT2D eigenvalue weighted by Gasteiger charge is 2.12. The van der Waals surface area contributed by atoms with Gasteiger partial charge in [-0.05, 0) is 49.4 Å². The molecule has 0 aromatic heterocycles. The van der Waals surface area contributed by atoms with Crippen LogP contribution in [0.5, 0.6) is 11.5 Å². The average Bonchev–Trinajstić information content (AvgIpc) is 2.75. The largest absolute Gasteiger partial charge is 0.494 e. The second-order valence-electron chi connectivity index (χ2n) is 7.95. The van der Waals surface area contributed by atoms with E-state index in [2.05, 4.69) is 63.3 Å². The lowest BCUT2D eigenvalue weighted by molar-refractivity contribution is 0.231. The molecule has 3 heteroatoms. The van der Waals surface area contributed by atoms with Gasteiger partial charge in [0.15, 0.2) is 0 Å². The van der Waals surface area contributed by atoms with Gasteiger partial charge in [0.05, 0.1) is 13.2 Å². The summed E-state index contributed by atoms with van der Waals surface area (Å²) < 4.78 is 12.2. The maximum absolute atomic E-state index is 6.24. The lowest BCUT2D eigenvalue weighted by Gasteiger charge is -2.21. The molecule has 2 unspecified atom stereocenters. The SMILES string of the molecule is CCCCCCCOc1cccc(NCC(C)Oc2ccccc2C(C)CC)c1. The molecule has 0 fully saturated rings. The molecular formula is C26H39NO2. The zero-order valence-electron chi connectivity index (χ0n) is 18.7. The van der Waals surface area contributed by atoms with E-state index in [0.29, 0.717) is 5.92 Å². The van der Waals surface area contributed by atoms with Crippen LogP contribution in [0.25, 0.3) is 0 Å². The Morgan fingerprint density at radius 2 is 1.69 bits per heavy atom. The highest BCUT2D eigenvalue weighted by molar-refractivity contribution is 5.48. The van der Waals surface area contributed by atoms with Gasteiger partial charge < -0.3 is 14.8 Å². The van der Waals surface area contributed by atoms with E-state index < -0.39 is 0 Å². The zero-order chi connectivity index (χ0) is 20.9. The van der Waals surface area contributed by atoms with E-state index in [4.69, 9.17) is 9.47 Å². The summed E-state index contributed by atoms with van der Waals surface area (Å²) in [6.45, 7) is 10.4. The standard InChI is InChI=1S/C26H39NO2/c1-5-7-8-9-12-18-28-24-15-13-14-23(19-24)27-20-22(4)29-26-17-11-10-16-25(26)21(3)6-2/h10-11,13-17,19,21-22,27H,5-9,12,18,20H2,1-4H3. The molecule has 0 spiro atoms. The zero-order valence-corrected chi connectivity index (χ0v) is 18.7. The topological polar surface area (TPSA) is 30.5 Å². The fourth-order valence-corrected chi connectivity index (χ4v) is 3.33. The minimum atomic E-state index is 0.0725. The van der Waals surface area contributed by atoms with Crippen molar-refractivity contribution in [3.63, 3.8) is 0 Å². The number of unbranched alkanes of at least 4 members (excludes halogenated alkanes) is 4. The second kappa shape index (κ2) is 13.1. The highest BCUT2D eigenvalue weighted by atomic mass is 16.5. The summed E-state index contributed by atoms with van der Waals surface area (Å²) in [6.07, 6.45) is 7.46. The van der Waals surface area contributed by atoms with Crippen LogP contribution in [0.15, 0.2) is 48.5 Å². The Labute approximate surface area is 177 Å². The molecule has 2 aromatic rings. The number of hydrogen-bond donors (Lipinski definition) is 1. The fraction of sp³-hybridized carbons (Fsp3) is 0.538. The molecule has 2 atom stereocenters. The first-order valence-electron chi connectivity index (χ1n) is 11.4. The van der Waals surface area contributed by atoms with Gasteiger partial charge in [0, 0.05) is 11.8 Å². The Hall–Kier alpha value is -2.16. The second-order valence-corrected chi connectivity index (χ2v) is 7.95. The first-order chi connectivity index (χ1) is 14.1. The molecule has 160 valence electrons. The minimum absolute atomic E-state index is 0.0725. The smallest absolute Gasteiger partial charge is 0.123 e. The van der Waals surface area contributed by atoms with Crippen molar-refractivity contribution in [3.05, 3.63) is 54.1 Å². The first kappa shape index (κ1) is 23.1. The van der Waals surface area contributed by atoms with Crippen LogP contribution in [0.2, 0.25) is 0 Å². The number of anilines is 1. The molecule has 1 N–H and O–H groups in total. The predicted molar refractivity (Wildman–Crippen MR) is 124 cm³/mol. The van der Waals surface area contributed by atoms with Gasteiger partial charge in [0.2, 0.25) is 0 Å². The monoisotopic (exact) mass is 397 g/mol. The van der Waals surface area contributed by atoms with E-state index in [0.717, 1.165) is 43.2 Å². The van der Waals surface area contributed by atoms with Crippen LogP contribution in [0.4, 0.5) is 5.69 Å². The molecule has 0 aliphatic carbocycles. The van der Waals surface area contributed by atoms with E-state index in [-0.39, 0.29) is 6.10 Å². The van der Waals surface area contributed by atoms with Crippen molar-refractivity contribution in [1.82, 2.24) is 0 Å². The third-order valence-corrected chi connectivity index (χ3v) is 5.33. The molecule has 0 saturated heterocycles. The first-order valence-corrected chi connectivity index (χ1v) is 11.4. The molecule has 0 radical (unpaired) electrons. The van der Waals surface area contributed by atoms with Crippen molar-refractivity contribution in [2.75, 3.05) is 18.5 Å². The summed E-state index contributed by atoms with van der Waals surface area (Å²) in [5.41, 5.74) is 2.36. The molecular weight excluding hydrogens is 358 g/mol. The number of nitrogens with one attached hydrogen (secondary N) is 1. The van der Waals surface area contributed by atoms with Gasteiger partial charge in [0.1, 0.15) is 17.6 Å². The molecule has 3 nitrogen and oxygen atoms in total. The van der Waals surface area contributed by atoms with Gasteiger partial charge >= 0.3 is 0 Å². The van der Waals surface area contributed by atoms with Crippen LogP contribution in [0, 0.1) is 0 Å². The van der Waals surface area contributed by atoms with Gasteiger partial charge in [0.25, 0.3) is 0 Å². The number of benzene rings is 2. The van der Waals surface area contributed by atoms with Crippen molar-refractivity contribution in [2.45, 2.75) is 78.2 Å². The Kier molecular flexibility index (Phi) is 10.5. The molecule has 0 saturated carbocycles. The molecule has 0 bridgehead atoms. The molecule has 0 amide bonds.